The Morgan fingerprint density at radius 3 is 2.63 bits per heavy atom. The molecule has 0 saturated carbocycles. The number of hydrogen-bond acceptors (Lipinski definition) is 3. The van der Waals surface area contributed by atoms with Gasteiger partial charge < -0.3 is 5.73 Å². The largest absolute Gasteiger partial charge is 0.396 e. The van der Waals surface area contributed by atoms with E-state index in [1.54, 1.807) is 12.1 Å². The Balaban J connectivity index is 2.25. The number of nitrogens with zero attached hydrogens (tertiary/aromatic N) is 2. The number of nitrogens with two attached hydrogens (primary N) is 1. The van der Waals surface area contributed by atoms with Crippen LogP contribution < -0.4 is 5.73 Å². The average molecular weight is 281 g/mol. The summed E-state index contributed by atoms with van der Waals surface area (Å²) < 4.78 is 26.4. The summed E-state index contributed by atoms with van der Waals surface area (Å²) in [5.74, 6) is -1.89. The smallest absolute Gasteiger partial charge is 0.160 e. The fraction of sp³-hybridized carbons (Fsp3) is 0. The molecule has 0 atom stereocenters. The van der Waals surface area contributed by atoms with Crippen LogP contribution in [0.1, 0.15) is 0 Å². The molecule has 0 saturated heterocycles. The molecule has 0 radical (unpaired) electrons. The van der Waals surface area contributed by atoms with Crippen LogP contribution in [0.2, 0.25) is 5.15 Å². The lowest BCUT2D eigenvalue weighted by atomic mass is 10.1. The van der Waals surface area contributed by atoms with Crippen LogP contribution in [0, 0.1) is 11.6 Å². The Hall–Kier alpha value is -2.21. The van der Waals surface area contributed by atoms with Crippen molar-refractivity contribution in [3.05, 3.63) is 41.1 Å². The molecule has 3 aromatic rings. The lowest BCUT2D eigenvalue weighted by molar-refractivity contribution is 0.511. The van der Waals surface area contributed by atoms with Crippen molar-refractivity contribution in [2.75, 3.05) is 5.73 Å². The maximum Gasteiger partial charge on any atom is 0.160 e. The molecule has 0 aliphatic carbocycles. The normalized spacial score (nSPS) is 11.1. The second kappa shape index (κ2) is 4.17. The fourth-order valence-electron chi connectivity index (χ4n) is 1.78. The molecule has 1 aromatic carbocycles. The predicted octanol–water partition coefficient (Wildman–Crippen LogP) is 3.14. The molecular formula is C12H7ClF2N4. The van der Waals surface area contributed by atoms with Crippen molar-refractivity contribution in [1.29, 1.82) is 0 Å². The van der Waals surface area contributed by atoms with Gasteiger partial charge >= 0.3 is 0 Å². The van der Waals surface area contributed by atoms with Crippen molar-refractivity contribution in [2.24, 2.45) is 0 Å². The van der Waals surface area contributed by atoms with Crippen LogP contribution in [0.4, 0.5) is 14.5 Å². The zero-order valence-electron chi connectivity index (χ0n) is 9.42. The van der Waals surface area contributed by atoms with Crippen LogP contribution in [0.5, 0.6) is 0 Å². The first-order valence-corrected chi connectivity index (χ1v) is 5.69. The number of hydrogen-bond donors (Lipinski definition) is 2. The minimum Gasteiger partial charge on any atom is -0.396 e. The molecule has 2 aromatic heterocycles. The molecule has 0 fully saturated rings. The monoisotopic (exact) mass is 280 g/mol. The summed E-state index contributed by atoms with van der Waals surface area (Å²) >= 11 is 5.83. The summed E-state index contributed by atoms with van der Waals surface area (Å²) in [6, 6.07) is 5.29. The molecule has 2 heterocycles. The highest BCUT2D eigenvalue weighted by Crippen LogP contribution is 2.28. The van der Waals surface area contributed by atoms with Gasteiger partial charge in [-0.3, -0.25) is 5.10 Å². The molecule has 96 valence electrons. The van der Waals surface area contributed by atoms with Gasteiger partial charge in [-0.05, 0) is 18.2 Å². The third-order valence-electron chi connectivity index (χ3n) is 2.72. The Bertz CT molecular complexity index is 785. The number of nitrogen functional groups attached to an aromatic ring is 1. The third-order valence-corrected chi connectivity index (χ3v) is 3.03. The summed E-state index contributed by atoms with van der Waals surface area (Å²) in [5.41, 5.74) is 7.09. The standard InChI is InChI=1S/C12H7ClF2N4/c13-12-8(16)1-2-9(17-12)11-5-3-6(14)7(15)4-10(5)18-19-11/h1-4H,16H2,(H,18,19). The molecule has 19 heavy (non-hydrogen) atoms. The van der Waals surface area contributed by atoms with Gasteiger partial charge in [-0.15, -0.1) is 0 Å². The Labute approximate surface area is 111 Å². The lowest BCUT2D eigenvalue weighted by Gasteiger charge is -2.01. The minimum absolute atomic E-state index is 0.135. The lowest BCUT2D eigenvalue weighted by Crippen LogP contribution is -1.91. The van der Waals surface area contributed by atoms with Gasteiger partial charge in [-0.1, -0.05) is 11.6 Å². The van der Waals surface area contributed by atoms with Crippen LogP contribution in [-0.4, -0.2) is 15.2 Å². The summed E-state index contributed by atoms with van der Waals surface area (Å²) in [7, 11) is 0. The topological polar surface area (TPSA) is 67.6 Å². The summed E-state index contributed by atoms with van der Waals surface area (Å²) in [4.78, 5) is 4.06. The van der Waals surface area contributed by atoms with Gasteiger partial charge in [0.05, 0.1) is 16.9 Å². The van der Waals surface area contributed by atoms with Crippen LogP contribution >= 0.6 is 11.6 Å². The number of benzene rings is 1. The molecule has 3 N–H and O–H groups in total. The first-order valence-electron chi connectivity index (χ1n) is 5.32. The Morgan fingerprint density at radius 2 is 1.89 bits per heavy atom. The van der Waals surface area contributed by atoms with Crippen LogP contribution in [0.3, 0.4) is 0 Å². The minimum atomic E-state index is -0.948. The van der Waals surface area contributed by atoms with Crippen molar-refractivity contribution in [3.63, 3.8) is 0 Å². The first-order chi connectivity index (χ1) is 9.06. The number of aromatic nitrogens is 3. The molecule has 3 rings (SSSR count). The molecule has 0 aliphatic rings. The number of fused-ring (bicyclic) bond motifs is 1. The maximum atomic E-state index is 13.3. The maximum absolute atomic E-state index is 13.3. The number of pyridine rings is 1. The van der Waals surface area contributed by atoms with E-state index in [1.165, 1.54) is 0 Å². The van der Waals surface area contributed by atoms with E-state index in [0.29, 0.717) is 28.0 Å². The van der Waals surface area contributed by atoms with E-state index in [-0.39, 0.29) is 5.15 Å². The van der Waals surface area contributed by atoms with E-state index in [2.05, 4.69) is 15.2 Å². The van der Waals surface area contributed by atoms with Gasteiger partial charge in [-0.25, -0.2) is 13.8 Å². The molecule has 0 aliphatic heterocycles. The zero-order valence-corrected chi connectivity index (χ0v) is 10.2. The zero-order chi connectivity index (χ0) is 13.6. The Morgan fingerprint density at radius 1 is 1.16 bits per heavy atom. The highest BCUT2D eigenvalue weighted by Gasteiger charge is 2.14. The fourth-order valence-corrected chi connectivity index (χ4v) is 1.94. The molecule has 0 spiro atoms. The van der Waals surface area contributed by atoms with Crippen LogP contribution in [-0.2, 0) is 0 Å². The number of halogens is 3. The average Bonchev–Trinajstić information content (AvgIpc) is 2.76. The van der Waals surface area contributed by atoms with Gasteiger partial charge in [0.15, 0.2) is 16.8 Å². The van der Waals surface area contributed by atoms with E-state index >= 15 is 0 Å². The number of anilines is 1. The second-order valence-electron chi connectivity index (χ2n) is 3.96. The van der Waals surface area contributed by atoms with Gasteiger partial charge in [0.2, 0.25) is 0 Å². The quantitative estimate of drug-likeness (QED) is 0.673. The summed E-state index contributed by atoms with van der Waals surface area (Å²) in [6.07, 6.45) is 0. The van der Waals surface area contributed by atoms with Gasteiger partial charge in [-0.2, -0.15) is 5.10 Å². The van der Waals surface area contributed by atoms with Crippen molar-refractivity contribution in [2.45, 2.75) is 0 Å². The van der Waals surface area contributed by atoms with E-state index in [4.69, 9.17) is 17.3 Å². The van der Waals surface area contributed by atoms with Crippen molar-refractivity contribution in [1.82, 2.24) is 15.2 Å². The van der Waals surface area contributed by atoms with Crippen molar-refractivity contribution in [3.8, 4) is 11.4 Å². The Kier molecular flexibility index (Phi) is 2.60. The SMILES string of the molecule is Nc1ccc(-c2n[nH]c3cc(F)c(F)cc23)nc1Cl. The van der Waals surface area contributed by atoms with Gasteiger partial charge in [0.25, 0.3) is 0 Å². The van der Waals surface area contributed by atoms with E-state index in [1.807, 2.05) is 0 Å². The molecule has 4 nitrogen and oxygen atoms in total. The molecule has 0 bridgehead atoms. The van der Waals surface area contributed by atoms with Gasteiger partial charge in [0, 0.05) is 11.5 Å². The highest BCUT2D eigenvalue weighted by molar-refractivity contribution is 6.31. The first kappa shape index (κ1) is 11.9. The van der Waals surface area contributed by atoms with Crippen LogP contribution in [0.25, 0.3) is 22.3 Å². The van der Waals surface area contributed by atoms with E-state index < -0.39 is 11.6 Å². The number of nitrogens with one attached hydrogen (secondary N) is 1. The highest BCUT2D eigenvalue weighted by atomic mass is 35.5. The molecule has 7 heteroatoms. The van der Waals surface area contributed by atoms with E-state index in [0.717, 1.165) is 12.1 Å². The van der Waals surface area contributed by atoms with Crippen molar-refractivity contribution < 1.29 is 8.78 Å². The molecular weight excluding hydrogens is 274 g/mol. The number of aromatic amines is 1. The molecule has 0 unspecified atom stereocenters. The van der Waals surface area contributed by atoms with Crippen molar-refractivity contribution >= 4 is 28.2 Å². The second-order valence-corrected chi connectivity index (χ2v) is 4.32. The third kappa shape index (κ3) is 1.90. The van der Waals surface area contributed by atoms with Gasteiger partial charge in [0.1, 0.15) is 5.69 Å². The number of rotatable bonds is 1. The van der Waals surface area contributed by atoms with Crippen LogP contribution in [0.15, 0.2) is 24.3 Å². The van der Waals surface area contributed by atoms with E-state index in [9.17, 15) is 8.78 Å². The number of H-pyrrole nitrogens is 1. The summed E-state index contributed by atoms with van der Waals surface area (Å²) in [6.45, 7) is 0. The predicted molar refractivity (Wildman–Crippen MR) is 68.7 cm³/mol. The molecule has 0 amide bonds. The summed E-state index contributed by atoms with van der Waals surface area (Å²) in [5, 5.41) is 7.17.